The molecule has 2 rings (SSSR count). The van der Waals surface area contributed by atoms with Crippen LogP contribution in [0.25, 0.3) is 0 Å². The molecule has 0 radical (unpaired) electrons. The number of hydrogen-bond donors (Lipinski definition) is 1. The number of benzene rings is 1. The molecule has 0 saturated heterocycles. The van der Waals surface area contributed by atoms with E-state index in [0.29, 0.717) is 11.5 Å². The summed E-state index contributed by atoms with van der Waals surface area (Å²) in [5, 5.41) is 9.53. The summed E-state index contributed by atoms with van der Waals surface area (Å²) < 4.78 is 13.7. The molecule has 0 spiro atoms. The summed E-state index contributed by atoms with van der Waals surface area (Å²) in [6, 6.07) is 10.00. The van der Waals surface area contributed by atoms with Crippen molar-refractivity contribution < 1.29 is 9.50 Å². The maximum absolute atomic E-state index is 13.7. The fourth-order valence-corrected chi connectivity index (χ4v) is 1.72. The molecule has 0 saturated carbocycles. The molecule has 1 aromatic heterocycles. The van der Waals surface area contributed by atoms with E-state index in [9.17, 15) is 9.50 Å². The van der Waals surface area contributed by atoms with Gasteiger partial charge in [-0.25, -0.2) is 9.37 Å². The highest BCUT2D eigenvalue weighted by molar-refractivity contribution is 5.60. The highest BCUT2D eigenvalue weighted by atomic mass is 19.1. The van der Waals surface area contributed by atoms with Crippen LogP contribution in [0.3, 0.4) is 0 Å². The summed E-state index contributed by atoms with van der Waals surface area (Å²) in [6.07, 6.45) is 1.04. The lowest BCUT2D eigenvalue weighted by molar-refractivity contribution is 0.199. The van der Waals surface area contributed by atoms with E-state index in [1.54, 1.807) is 55.4 Å². The Morgan fingerprint density at radius 2 is 2.00 bits per heavy atom. The smallest absolute Gasteiger partial charge is 0.146 e. The van der Waals surface area contributed by atoms with Crippen molar-refractivity contribution in [2.45, 2.75) is 13.0 Å². The van der Waals surface area contributed by atoms with Crippen molar-refractivity contribution in [3.63, 3.8) is 0 Å². The first-order valence-electron chi connectivity index (χ1n) is 5.72. The maximum Gasteiger partial charge on any atom is 0.146 e. The Labute approximate surface area is 106 Å². The molecule has 1 atom stereocenters. The van der Waals surface area contributed by atoms with Crippen molar-refractivity contribution in [2.24, 2.45) is 0 Å². The van der Waals surface area contributed by atoms with Gasteiger partial charge in [0.05, 0.1) is 11.8 Å². The molecule has 0 amide bonds. The van der Waals surface area contributed by atoms with Gasteiger partial charge in [0, 0.05) is 13.2 Å². The first-order chi connectivity index (χ1) is 8.59. The Bertz CT molecular complexity index is 543. The summed E-state index contributed by atoms with van der Waals surface area (Å²) in [5.74, 6) is 0.294. The Morgan fingerprint density at radius 3 is 2.67 bits per heavy atom. The highest BCUT2D eigenvalue weighted by Crippen LogP contribution is 2.25. The van der Waals surface area contributed by atoms with Gasteiger partial charge in [-0.1, -0.05) is 12.1 Å². The zero-order chi connectivity index (χ0) is 13.1. The van der Waals surface area contributed by atoms with Gasteiger partial charge < -0.3 is 10.0 Å². The number of anilines is 2. The second-order valence-corrected chi connectivity index (χ2v) is 4.13. The summed E-state index contributed by atoms with van der Waals surface area (Å²) in [6.45, 7) is 1.68. The fraction of sp³-hybridized carbons (Fsp3) is 0.214. The molecular formula is C14H15FN2O. The average Bonchev–Trinajstić information content (AvgIpc) is 2.38. The molecule has 0 aliphatic heterocycles. The van der Waals surface area contributed by atoms with Gasteiger partial charge in [-0.3, -0.25) is 0 Å². The standard InChI is InChI=1S/C14H15FN2O/c1-10(18)11-7-8-16-14(9-11)17(2)13-6-4-3-5-12(13)15/h3-10,18H,1-2H3/t10-/m1/s1. The Kier molecular flexibility index (Phi) is 3.58. The monoisotopic (exact) mass is 246 g/mol. The van der Waals surface area contributed by atoms with Crippen LogP contribution >= 0.6 is 0 Å². The quantitative estimate of drug-likeness (QED) is 0.904. The van der Waals surface area contributed by atoms with Crippen LogP contribution in [-0.2, 0) is 0 Å². The van der Waals surface area contributed by atoms with Crippen molar-refractivity contribution in [1.29, 1.82) is 0 Å². The van der Waals surface area contributed by atoms with Crippen LogP contribution in [0.2, 0.25) is 0 Å². The van der Waals surface area contributed by atoms with Crippen molar-refractivity contribution in [2.75, 3.05) is 11.9 Å². The molecule has 0 aliphatic rings. The first kappa shape index (κ1) is 12.5. The average molecular weight is 246 g/mol. The molecule has 94 valence electrons. The molecule has 4 heteroatoms. The molecule has 1 aromatic carbocycles. The normalized spacial score (nSPS) is 12.2. The Hall–Kier alpha value is -1.94. The number of aliphatic hydroxyl groups is 1. The minimum Gasteiger partial charge on any atom is -0.389 e. The molecule has 1 heterocycles. The molecule has 0 aliphatic carbocycles. The molecule has 1 N–H and O–H groups in total. The van der Waals surface area contributed by atoms with Gasteiger partial charge in [0.1, 0.15) is 11.6 Å². The third-order valence-electron chi connectivity index (χ3n) is 2.81. The summed E-state index contributed by atoms with van der Waals surface area (Å²) >= 11 is 0. The van der Waals surface area contributed by atoms with Crippen LogP contribution in [-0.4, -0.2) is 17.1 Å². The van der Waals surface area contributed by atoms with Crippen LogP contribution in [0.1, 0.15) is 18.6 Å². The van der Waals surface area contributed by atoms with Crippen LogP contribution in [0.5, 0.6) is 0 Å². The SMILES string of the molecule is C[C@@H](O)c1ccnc(N(C)c2ccccc2F)c1. The van der Waals surface area contributed by atoms with E-state index in [-0.39, 0.29) is 5.82 Å². The lowest BCUT2D eigenvalue weighted by Gasteiger charge is -2.19. The zero-order valence-corrected chi connectivity index (χ0v) is 10.3. The summed E-state index contributed by atoms with van der Waals surface area (Å²) in [4.78, 5) is 5.84. The molecule has 0 fully saturated rings. The van der Waals surface area contributed by atoms with E-state index in [4.69, 9.17) is 0 Å². The molecular weight excluding hydrogens is 231 g/mol. The fourth-order valence-electron chi connectivity index (χ4n) is 1.72. The number of nitrogens with zero attached hydrogens (tertiary/aromatic N) is 2. The Balaban J connectivity index is 2.37. The topological polar surface area (TPSA) is 36.4 Å². The number of aliphatic hydroxyl groups excluding tert-OH is 1. The third-order valence-corrected chi connectivity index (χ3v) is 2.81. The molecule has 0 bridgehead atoms. The summed E-state index contributed by atoms with van der Waals surface area (Å²) in [5.41, 5.74) is 1.20. The van der Waals surface area contributed by atoms with E-state index in [1.807, 2.05) is 0 Å². The number of aromatic nitrogens is 1. The minimum absolute atomic E-state index is 0.302. The van der Waals surface area contributed by atoms with Crippen LogP contribution < -0.4 is 4.90 Å². The van der Waals surface area contributed by atoms with Crippen molar-refractivity contribution >= 4 is 11.5 Å². The largest absolute Gasteiger partial charge is 0.389 e. The van der Waals surface area contributed by atoms with E-state index < -0.39 is 6.10 Å². The van der Waals surface area contributed by atoms with E-state index in [0.717, 1.165) is 5.56 Å². The van der Waals surface area contributed by atoms with Gasteiger partial charge in [0.25, 0.3) is 0 Å². The van der Waals surface area contributed by atoms with Crippen LogP contribution in [0.15, 0.2) is 42.6 Å². The molecule has 3 nitrogen and oxygen atoms in total. The zero-order valence-electron chi connectivity index (χ0n) is 10.3. The highest BCUT2D eigenvalue weighted by Gasteiger charge is 2.11. The van der Waals surface area contributed by atoms with Crippen molar-refractivity contribution in [3.8, 4) is 0 Å². The predicted octanol–water partition coefficient (Wildman–Crippen LogP) is 3.04. The van der Waals surface area contributed by atoms with Crippen LogP contribution in [0, 0.1) is 5.82 Å². The number of halogens is 1. The number of para-hydroxylation sites is 1. The number of rotatable bonds is 3. The predicted molar refractivity (Wildman–Crippen MR) is 69.3 cm³/mol. The van der Waals surface area contributed by atoms with Crippen molar-refractivity contribution in [3.05, 3.63) is 54.0 Å². The van der Waals surface area contributed by atoms with E-state index in [2.05, 4.69) is 4.98 Å². The Morgan fingerprint density at radius 1 is 1.28 bits per heavy atom. The minimum atomic E-state index is -0.569. The van der Waals surface area contributed by atoms with E-state index in [1.165, 1.54) is 6.07 Å². The number of pyridine rings is 1. The maximum atomic E-state index is 13.7. The second kappa shape index (κ2) is 5.14. The van der Waals surface area contributed by atoms with Gasteiger partial charge in [-0.2, -0.15) is 0 Å². The number of hydrogen-bond acceptors (Lipinski definition) is 3. The third kappa shape index (κ3) is 2.49. The van der Waals surface area contributed by atoms with Crippen molar-refractivity contribution in [1.82, 2.24) is 4.98 Å². The lowest BCUT2D eigenvalue weighted by atomic mass is 10.1. The van der Waals surface area contributed by atoms with Gasteiger partial charge in [-0.05, 0) is 36.8 Å². The van der Waals surface area contributed by atoms with E-state index >= 15 is 0 Å². The summed E-state index contributed by atoms with van der Waals surface area (Å²) in [7, 11) is 1.74. The second-order valence-electron chi connectivity index (χ2n) is 4.13. The molecule has 18 heavy (non-hydrogen) atoms. The first-order valence-corrected chi connectivity index (χ1v) is 5.72. The van der Waals surface area contributed by atoms with Gasteiger partial charge >= 0.3 is 0 Å². The van der Waals surface area contributed by atoms with Gasteiger partial charge in [0.15, 0.2) is 0 Å². The molecule has 2 aromatic rings. The lowest BCUT2D eigenvalue weighted by Crippen LogP contribution is -2.13. The van der Waals surface area contributed by atoms with Gasteiger partial charge in [-0.15, -0.1) is 0 Å². The van der Waals surface area contributed by atoms with Crippen LogP contribution in [0.4, 0.5) is 15.9 Å². The molecule has 0 unspecified atom stereocenters. The van der Waals surface area contributed by atoms with Gasteiger partial charge in [0.2, 0.25) is 0 Å².